The fraction of sp³-hybridized carbons (Fsp3) is 0.438. The Hall–Kier alpha value is -1.61. The zero-order valence-corrected chi connectivity index (χ0v) is 11.3. The maximum Gasteiger partial charge on any atom is 0.214 e. The zero-order chi connectivity index (χ0) is 13.1. The summed E-state index contributed by atoms with van der Waals surface area (Å²) in [5.41, 5.74) is 0.997. The van der Waals surface area contributed by atoms with Crippen LogP contribution in [0, 0.1) is 0 Å². The van der Waals surface area contributed by atoms with Crippen molar-refractivity contribution >= 4 is 10.9 Å². The number of fused-ring (bicyclic) bond motifs is 1. The van der Waals surface area contributed by atoms with E-state index in [1.165, 1.54) is 19.3 Å². The summed E-state index contributed by atoms with van der Waals surface area (Å²) >= 11 is 0. The third-order valence-corrected chi connectivity index (χ3v) is 3.92. The van der Waals surface area contributed by atoms with Crippen molar-refractivity contribution in [1.29, 1.82) is 0 Å². The molecule has 3 nitrogen and oxygen atoms in total. The van der Waals surface area contributed by atoms with Gasteiger partial charge in [-0.3, -0.25) is 0 Å². The first-order valence-corrected chi connectivity index (χ1v) is 7.06. The molecule has 2 aromatic rings. The lowest BCUT2D eigenvalue weighted by Gasteiger charge is -2.31. The molecule has 0 bridgehead atoms. The molecule has 1 aromatic heterocycles. The van der Waals surface area contributed by atoms with Crippen LogP contribution >= 0.6 is 0 Å². The predicted molar refractivity (Wildman–Crippen MR) is 77.5 cm³/mol. The molecule has 1 fully saturated rings. The number of ether oxygens (including phenoxy) is 1. The number of hydrogen-bond donors (Lipinski definition) is 1. The number of para-hydroxylation sites is 1. The number of benzene rings is 1. The molecule has 2 atom stereocenters. The van der Waals surface area contributed by atoms with Gasteiger partial charge in [-0.1, -0.05) is 24.6 Å². The Labute approximate surface area is 114 Å². The van der Waals surface area contributed by atoms with Gasteiger partial charge in [0.05, 0.1) is 5.52 Å². The highest BCUT2D eigenvalue weighted by Crippen LogP contribution is 2.24. The van der Waals surface area contributed by atoms with Crippen molar-refractivity contribution in [1.82, 2.24) is 10.3 Å². The molecule has 1 heterocycles. The Bertz CT molecular complexity index is 555. The van der Waals surface area contributed by atoms with E-state index in [-0.39, 0.29) is 6.10 Å². The highest BCUT2D eigenvalue weighted by atomic mass is 16.5. The second-order valence-electron chi connectivity index (χ2n) is 5.18. The average Bonchev–Trinajstić information content (AvgIpc) is 2.48. The van der Waals surface area contributed by atoms with Crippen LogP contribution in [0.1, 0.15) is 25.7 Å². The Morgan fingerprint density at radius 3 is 2.84 bits per heavy atom. The van der Waals surface area contributed by atoms with Crippen LogP contribution in [0.4, 0.5) is 0 Å². The normalized spacial score (nSPS) is 23.4. The van der Waals surface area contributed by atoms with Crippen LogP contribution < -0.4 is 10.1 Å². The van der Waals surface area contributed by atoms with Crippen LogP contribution in [-0.4, -0.2) is 24.2 Å². The molecule has 1 aromatic carbocycles. The lowest BCUT2D eigenvalue weighted by atomic mass is 9.92. The summed E-state index contributed by atoms with van der Waals surface area (Å²) in [6.07, 6.45) is 5.08. The number of likely N-dealkylation sites (N-methyl/N-ethyl adjacent to an activating group) is 1. The number of hydrogen-bond acceptors (Lipinski definition) is 3. The summed E-state index contributed by atoms with van der Waals surface area (Å²) in [7, 11) is 2.01. The summed E-state index contributed by atoms with van der Waals surface area (Å²) in [5.74, 6) is 0.742. The highest BCUT2D eigenvalue weighted by molar-refractivity contribution is 5.78. The zero-order valence-electron chi connectivity index (χ0n) is 11.3. The number of pyridine rings is 1. The van der Waals surface area contributed by atoms with Crippen LogP contribution in [0.2, 0.25) is 0 Å². The lowest BCUT2D eigenvalue weighted by Crippen LogP contribution is -2.43. The van der Waals surface area contributed by atoms with Gasteiger partial charge in [0.1, 0.15) is 6.10 Å². The lowest BCUT2D eigenvalue weighted by molar-refractivity contribution is 0.113. The molecule has 0 spiro atoms. The van der Waals surface area contributed by atoms with Gasteiger partial charge in [-0.05, 0) is 38.4 Å². The number of nitrogens with zero attached hydrogens (tertiary/aromatic N) is 1. The van der Waals surface area contributed by atoms with E-state index < -0.39 is 0 Å². The quantitative estimate of drug-likeness (QED) is 0.916. The van der Waals surface area contributed by atoms with Crippen molar-refractivity contribution in [2.75, 3.05) is 7.05 Å². The van der Waals surface area contributed by atoms with Crippen molar-refractivity contribution in [2.45, 2.75) is 37.8 Å². The minimum Gasteiger partial charge on any atom is -0.473 e. The summed E-state index contributed by atoms with van der Waals surface area (Å²) < 4.78 is 6.09. The van der Waals surface area contributed by atoms with Gasteiger partial charge in [0, 0.05) is 17.5 Å². The first kappa shape index (κ1) is 12.4. The minimum atomic E-state index is 0.243. The molecular formula is C16H20N2O. The average molecular weight is 256 g/mol. The van der Waals surface area contributed by atoms with E-state index in [0.717, 1.165) is 23.2 Å². The Kier molecular flexibility index (Phi) is 3.65. The summed E-state index contributed by atoms with van der Waals surface area (Å²) in [6, 6.07) is 12.6. The summed E-state index contributed by atoms with van der Waals surface area (Å²) in [6.45, 7) is 0. The number of aromatic nitrogens is 1. The molecule has 0 radical (unpaired) electrons. The van der Waals surface area contributed by atoms with Gasteiger partial charge in [-0.2, -0.15) is 0 Å². The number of rotatable bonds is 3. The topological polar surface area (TPSA) is 34.1 Å². The van der Waals surface area contributed by atoms with Gasteiger partial charge in [0.15, 0.2) is 0 Å². The van der Waals surface area contributed by atoms with Crippen LogP contribution in [0.25, 0.3) is 10.9 Å². The summed E-state index contributed by atoms with van der Waals surface area (Å²) in [4.78, 5) is 4.59. The van der Waals surface area contributed by atoms with Gasteiger partial charge < -0.3 is 10.1 Å². The van der Waals surface area contributed by atoms with Crippen molar-refractivity contribution in [3.8, 4) is 5.88 Å². The van der Waals surface area contributed by atoms with Gasteiger partial charge in [0.25, 0.3) is 0 Å². The van der Waals surface area contributed by atoms with Gasteiger partial charge in [0.2, 0.25) is 5.88 Å². The van der Waals surface area contributed by atoms with Gasteiger partial charge >= 0.3 is 0 Å². The largest absolute Gasteiger partial charge is 0.473 e. The maximum atomic E-state index is 6.09. The Balaban J connectivity index is 1.80. The SMILES string of the molecule is CNC1CCCCC1Oc1ccc2ccccc2n1. The molecule has 3 heteroatoms. The molecule has 0 amide bonds. The van der Waals surface area contributed by atoms with Crippen molar-refractivity contribution in [2.24, 2.45) is 0 Å². The first-order chi connectivity index (χ1) is 9.36. The van der Waals surface area contributed by atoms with Gasteiger partial charge in [-0.25, -0.2) is 4.98 Å². The second-order valence-corrected chi connectivity index (χ2v) is 5.18. The smallest absolute Gasteiger partial charge is 0.214 e. The van der Waals surface area contributed by atoms with E-state index in [9.17, 15) is 0 Å². The van der Waals surface area contributed by atoms with E-state index in [2.05, 4.69) is 22.4 Å². The molecule has 1 aliphatic carbocycles. The molecule has 100 valence electrons. The second kappa shape index (κ2) is 5.57. The maximum absolute atomic E-state index is 6.09. The molecule has 0 aliphatic heterocycles. The van der Waals surface area contributed by atoms with Gasteiger partial charge in [-0.15, -0.1) is 0 Å². The molecule has 1 saturated carbocycles. The highest BCUT2D eigenvalue weighted by Gasteiger charge is 2.25. The van der Waals surface area contributed by atoms with E-state index in [1.54, 1.807) is 0 Å². The van der Waals surface area contributed by atoms with Crippen molar-refractivity contribution < 1.29 is 4.74 Å². The standard InChI is InChI=1S/C16H20N2O/c1-17-14-8-4-5-9-15(14)19-16-11-10-12-6-2-3-7-13(12)18-16/h2-3,6-7,10-11,14-15,17H,4-5,8-9H2,1H3. The fourth-order valence-electron chi connectivity index (χ4n) is 2.84. The van der Waals surface area contributed by atoms with Crippen LogP contribution in [-0.2, 0) is 0 Å². The fourth-order valence-corrected chi connectivity index (χ4v) is 2.84. The molecule has 19 heavy (non-hydrogen) atoms. The monoisotopic (exact) mass is 256 g/mol. The summed E-state index contributed by atoms with van der Waals surface area (Å²) in [5, 5.41) is 4.51. The molecular weight excluding hydrogens is 236 g/mol. The van der Waals surface area contributed by atoms with E-state index >= 15 is 0 Å². The Morgan fingerprint density at radius 2 is 1.95 bits per heavy atom. The van der Waals surface area contributed by atoms with Crippen molar-refractivity contribution in [3.05, 3.63) is 36.4 Å². The Morgan fingerprint density at radius 1 is 1.11 bits per heavy atom. The molecule has 2 unspecified atom stereocenters. The van der Waals surface area contributed by atoms with Crippen LogP contribution in [0.5, 0.6) is 5.88 Å². The third-order valence-electron chi connectivity index (χ3n) is 3.92. The van der Waals surface area contributed by atoms with Crippen molar-refractivity contribution in [3.63, 3.8) is 0 Å². The van der Waals surface area contributed by atoms with E-state index in [1.807, 2.05) is 31.3 Å². The van der Waals surface area contributed by atoms with E-state index in [0.29, 0.717) is 6.04 Å². The van der Waals surface area contributed by atoms with Crippen LogP contribution in [0.3, 0.4) is 0 Å². The molecule has 3 rings (SSSR count). The molecule has 1 aliphatic rings. The minimum absolute atomic E-state index is 0.243. The third kappa shape index (κ3) is 2.71. The van der Waals surface area contributed by atoms with E-state index in [4.69, 9.17) is 4.74 Å². The van der Waals surface area contributed by atoms with Crippen LogP contribution in [0.15, 0.2) is 36.4 Å². The number of nitrogens with one attached hydrogen (secondary N) is 1. The first-order valence-electron chi connectivity index (χ1n) is 7.06. The molecule has 0 saturated heterocycles. The molecule has 1 N–H and O–H groups in total. The predicted octanol–water partition coefficient (Wildman–Crippen LogP) is 3.14.